The Labute approximate surface area is 509 Å². The lowest BCUT2D eigenvalue weighted by Gasteiger charge is -2.25. The Bertz CT molecular complexity index is 1820. The van der Waals surface area contributed by atoms with Crippen LogP contribution in [0.15, 0.2) is 134 Å². The summed E-state index contributed by atoms with van der Waals surface area (Å²) in [6.45, 7) is 4.72. The second-order valence-electron chi connectivity index (χ2n) is 23.0. The molecule has 0 aromatic rings. The SMILES string of the molecule is CC/C=C\C/C=C\C/C=C\C/C=C\C/C=C\C/C=C\C/C=C\C/C=C\CCCCCCCCCCCCCCCCC(=O)OC(COC(=O)CCCCCCCC/C=C\C/C=C\C/C=C\CCCCC)COC(OCC[N+](C)(C)C)C(=O)O. The predicted octanol–water partition coefficient (Wildman–Crippen LogP) is 20.6. The lowest BCUT2D eigenvalue weighted by Crippen LogP contribution is -2.40. The van der Waals surface area contributed by atoms with Crippen LogP contribution < -0.4 is 0 Å². The van der Waals surface area contributed by atoms with E-state index in [1.807, 2.05) is 21.1 Å². The molecule has 83 heavy (non-hydrogen) atoms. The molecule has 0 rings (SSSR count). The predicted molar refractivity (Wildman–Crippen MR) is 354 cm³/mol. The van der Waals surface area contributed by atoms with Gasteiger partial charge in [0.2, 0.25) is 0 Å². The van der Waals surface area contributed by atoms with Gasteiger partial charge in [-0.1, -0.05) is 263 Å². The first-order valence-corrected chi connectivity index (χ1v) is 33.3. The minimum Gasteiger partial charge on any atom is -0.477 e. The lowest BCUT2D eigenvalue weighted by molar-refractivity contribution is -0.870. The zero-order valence-corrected chi connectivity index (χ0v) is 53.8. The highest BCUT2D eigenvalue weighted by molar-refractivity contribution is 5.71. The van der Waals surface area contributed by atoms with Crippen LogP contribution in [-0.2, 0) is 33.3 Å². The molecule has 0 bridgehead atoms. The second kappa shape index (κ2) is 63.5. The Kier molecular flexibility index (Phi) is 60.0. The fraction of sp³-hybridized carbons (Fsp3) is 0.662. The van der Waals surface area contributed by atoms with Crippen LogP contribution in [0.4, 0.5) is 0 Å². The van der Waals surface area contributed by atoms with Crippen molar-refractivity contribution in [3.8, 4) is 0 Å². The van der Waals surface area contributed by atoms with Gasteiger partial charge >= 0.3 is 17.9 Å². The van der Waals surface area contributed by atoms with Crippen molar-refractivity contribution in [2.45, 2.75) is 270 Å². The highest BCUT2D eigenvalue weighted by atomic mass is 16.7. The van der Waals surface area contributed by atoms with Gasteiger partial charge in [0.25, 0.3) is 6.29 Å². The van der Waals surface area contributed by atoms with Crippen LogP contribution in [0.2, 0.25) is 0 Å². The molecule has 0 fully saturated rings. The van der Waals surface area contributed by atoms with Crippen molar-refractivity contribution >= 4 is 17.9 Å². The quantitative estimate of drug-likeness (QED) is 0.0211. The number of esters is 2. The molecule has 9 nitrogen and oxygen atoms in total. The van der Waals surface area contributed by atoms with Gasteiger partial charge in [0.05, 0.1) is 34.4 Å². The molecule has 0 heterocycles. The number of rotatable bonds is 60. The lowest BCUT2D eigenvalue weighted by atomic mass is 10.0. The van der Waals surface area contributed by atoms with Gasteiger partial charge in [0.15, 0.2) is 6.10 Å². The number of unbranched alkanes of at least 4 members (excludes halogenated alkanes) is 23. The Hall–Kier alpha value is -4.57. The fourth-order valence-electron chi connectivity index (χ4n) is 8.80. The van der Waals surface area contributed by atoms with Crippen LogP contribution in [0.1, 0.15) is 258 Å². The van der Waals surface area contributed by atoms with E-state index in [9.17, 15) is 19.5 Å². The summed E-state index contributed by atoms with van der Waals surface area (Å²) >= 11 is 0. The van der Waals surface area contributed by atoms with Crippen molar-refractivity contribution in [3.05, 3.63) is 134 Å². The Morgan fingerprint density at radius 2 is 0.687 bits per heavy atom. The Balaban J connectivity index is 4.13. The van der Waals surface area contributed by atoms with Crippen LogP contribution in [0, 0.1) is 0 Å². The number of hydrogen-bond acceptors (Lipinski definition) is 7. The van der Waals surface area contributed by atoms with E-state index in [0.29, 0.717) is 17.4 Å². The van der Waals surface area contributed by atoms with Crippen LogP contribution in [0.3, 0.4) is 0 Å². The van der Waals surface area contributed by atoms with Crippen LogP contribution in [0.5, 0.6) is 0 Å². The van der Waals surface area contributed by atoms with Crippen molar-refractivity contribution in [3.63, 3.8) is 0 Å². The van der Waals surface area contributed by atoms with Crippen molar-refractivity contribution in [1.82, 2.24) is 0 Å². The van der Waals surface area contributed by atoms with E-state index in [1.54, 1.807) is 0 Å². The maximum atomic E-state index is 12.9. The van der Waals surface area contributed by atoms with Gasteiger partial charge in [0.1, 0.15) is 13.2 Å². The molecule has 0 aliphatic rings. The van der Waals surface area contributed by atoms with E-state index in [1.165, 1.54) is 109 Å². The summed E-state index contributed by atoms with van der Waals surface area (Å²) in [7, 11) is 5.96. The molecule has 0 amide bonds. The number of aliphatic carboxylic acids is 1. The number of carbonyl (C=O) groups is 3. The van der Waals surface area contributed by atoms with Gasteiger partial charge in [0, 0.05) is 12.8 Å². The van der Waals surface area contributed by atoms with Gasteiger partial charge in [-0.3, -0.25) is 9.59 Å². The largest absolute Gasteiger partial charge is 0.477 e. The van der Waals surface area contributed by atoms with Crippen LogP contribution >= 0.6 is 0 Å². The number of carbonyl (C=O) groups excluding carboxylic acids is 2. The summed E-state index contributed by atoms with van der Waals surface area (Å²) in [5.41, 5.74) is 0. The zero-order chi connectivity index (χ0) is 60.5. The van der Waals surface area contributed by atoms with E-state index >= 15 is 0 Å². The normalized spacial score (nSPS) is 13.6. The zero-order valence-electron chi connectivity index (χ0n) is 53.8. The molecule has 0 radical (unpaired) electrons. The van der Waals surface area contributed by atoms with Crippen LogP contribution in [-0.4, -0.2) is 87.4 Å². The molecule has 0 aromatic carbocycles. The van der Waals surface area contributed by atoms with E-state index in [-0.39, 0.29) is 38.6 Å². The van der Waals surface area contributed by atoms with Crippen molar-refractivity contribution in [2.24, 2.45) is 0 Å². The summed E-state index contributed by atoms with van der Waals surface area (Å²) < 4.78 is 22.9. The topological polar surface area (TPSA) is 108 Å². The van der Waals surface area contributed by atoms with Crippen LogP contribution in [0.25, 0.3) is 0 Å². The first-order chi connectivity index (χ1) is 40.6. The number of likely N-dealkylation sites (N-methyl/N-ethyl adjacent to an activating group) is 1. The third-order valence-electron chi connectivity index (χ3n) is 13.9. The average molecular weight is 1160 g/mol. The number of hydrogen-bond donors (Lipinski definition) is 1. The molecule has 2 atom stereocenters. The summed E-state index contributed by atoms with van der Waals surface area (Å²) in [5, 5.41) is 9.73. The summed E-state index contributed by atoms with van der Waals surface area (Å²) in [6, 6.07) is 0. The van der Waals surface area contributed by atoms with Gasteiger partial charge in [-0.25, -0.2) is 4.79 Å². The van der Waals surface area contributed by atoms with Gasteiger partial charge < -0.3 is 28.5 Å². The summed E-state index contributed by atoms with van der Waals surface area (Å²) in [4.78, 5) is 37.5. The molecule has 0 aliphatic carbocycles. The number of carboxylic acid groups (broad SMARTS) is 1. The Morgan fingerprint density at radius 1 is 0.373 bits per heavy atom. The minimum absolute atomic E-state index is 0.180. The third-order valence-corrected chi connectivity index (χ3v) is 13.9. The molecule has 0 saturated heterocycles. The van der Waals surface area contributed by atoms with E-state index in [4.69, 9.17) is 18.9 Å². The molecule has 0 aromatic heterocycles. The first kappa shape index (κ1) is 78.4. The Morgan fingerprint density at radius 3 is 1.02 bits per heavy atom. The second-order valence-corrected chi connectivity index (χ2v) is 23.0. The number of allylic oxidation sites excluding steroid dienone is 22. The van der Waals surface area contributed by atoms with E-state index < -0.39 is 24.3 Å². The smallest absolute Gasteiger partial charge is 0.361 e. The third kappa shape index (κ3) is 64.8. The molecular weight excluding hydrogens is 1030 g/mol. The highest BCUT2D eigenvalue weighted by Crippen LogP contribution is 2.16. The van der Waals surface area contributed by atoms with Gasteiger partial charge in [-0.05, 0) is 116 Å². The molecular formula is C74H124NO8+. The molecule has 2 unspecified atom stereocenters. The number of quaternary nitrogens is 1. The van der Waals surface area contributed by atoms with Gasteiger partial charge in [-0.2, -0.15) is 0 Å². The number of nitrogens with zero attached hydrogens (tertiary/aromatic N) is 1. The van der Waals surface area contributed by atoms with Crippen molar-refractivity contribution in [2.75, 3.05) is 47.5 Å². The van der Waals surface area contributed by atoms with Crippen molar-refractivity contribution in [1.29, 1.82) is 0 Å². The first-order valence-electron chi connectivity index (χ1n) is 33.3. The molecule has 0 spiro atoms. The summed E-state index contributed by atoms with van der Waals surface area (Å²) in [5.74, 6) is -2.03. The van der Waals surface area contributed by atoms with Crippen molar-refractivity contribution < 1.29 is 42.9 Å². The minimum atomic E-state index is -1.52. The van der Waals surface area contributed by atoms with Gasteiger partial charge in [-0.15, -0.1) is 0 Å². The maximum absolute atomic E-state index is 12.9. The van der Waals surface area contributed by atoms with E-state index in [0.717, 1.165) is 116 Å². The molecule has 0 saturated carbocycles. The molecule has 1 N–H and O–H groups in total. The number of ether oxygens (including phenoxy) is 4. The fourth-order valence-corrected chi connectivity index (χ4v) is 8.80. The van der Waals surface area contributed by atoms with E-state index in [2.05, 4.69) is 148 Å². The molecule has 472 valence electrons. The number of carboxylic acids is 1. The summed E-state index contributed by atoms with van der Waals surface area (Å²) in [6.07, 6.45) is 88.3. The monoisotopic (exact) mass is 1150 g/mol. The highest BCUT2D eigenvalue weighted by Gasteiger charge is 2.25. The average Bonchev–Trinajstić information content (AvgIpc) is 3.46. The molecule has 9 heteroatoms. The standard InChI is InChI=1S/C74H123NO8/c1-6-8-10-12-14-16-18-20-22-24-26-27-28-29-30-31-32-33-34-35-36-37-38-39-40-41-42-43-44-45-47-49-51-53-55-57-59-61-63-65-72(77)83-70(69-82-74(73(78)79)80-67-66-75(3,4)5)68-81-71(76)64-62-60-58-56-54-52-50-48-46-25-23-21-19-17-15-13-11-9-7-2/h8,10,14-17,20-23,26-27,29-30,32-33,35-36,38-39,46,48,70,74H,6-7,9,11-13,18-19,24-25,28,31,34,37,40-45,47,49-69H2,1-5H3/p+1/b10-8-,16-14-,17-15-,22-20-,23-21-,27-26-,30-29-,33-32-,36-35-,39-38-,48-46-. The molecule has 0 aliphatic heterocycles. The maximum Gasteiger partial charge on any atom is 0.361 e.